The van der Waals surface area contributed by atoms with Crippen LogP contribution in [-0.4, -0.2) is 23.5 Å². The normalized spacial score (nSPS) is 10.9. The van der Waals surface area contributed by atoms with Gasteiger partial charge in [-0.15, -0.1) is 0 Å². The van der Waals surface area contributed by atoms with Gasteiger partial charge in [0.25, 0.3) is 0 Å². The molecule has 3 rings (SSSR count). The molecular weight excluding hydrogens is 370 g/mol. The molecular formula is C23H21NO5. The predicted molar refractivity (Wildman–Crippen MR) is 111 cm³/mol. The van der Waals surface area contributed by atoms with Crippen LogP contribution in [0.3, 0.4) is 0 Å². The Morgan fingerprint density at radius 3 is 2.38 bits per heavy atom. The van der Waals surface area contributed by atoms with Crippen molar-refractivity contribution in [2.24, 2.45) is 0 Å². The summed E-state index contributed by atoms with van der Waals surface area (Å²) in [7, 11) is 0. The molecule has 0 atom stereocenters. The predicted octanol–water partition coefficient (Wildman–Crippen LogP) is 4.65. The van der Waals surface area contributed by atoms with E-state index < -0.39 is 11.9 Å². The van der Waals surface area contributed by atoms with E-state index in [0.717, 1.165) is 10.9 Å². The number of ether oxygens (including phenoxy) is 3. The van der Waals surface area contributed by atoms with Crippen LogP contribution in [0.4, 0.5) is 0 Å². The molecule has 0 aliphatic rings. The van der Waals surface area contributed by atoms with E-state index in [9.17, 15) is 9.59 Å². The second-order valence-electron chi connectivity index (χ2n) is 6.22. The molecule has 6 nitrogen and oxygen atoms in total. The maximum absolute atomic E-state index is 11.3. The van der Waals surface area contributed by atoms with Crippen molar-refractivity contribution in [1.82, 2.24) is 4.98 Å². The third-order valence-electron chi connectivity index (χ3n) is 3.93. The summed E-state index contributed by atoms with van der Waals surface area (Å²) in [5.74, 6) is 0.504. The van der Waals surface area contributed by atoms with Crippen LogP contribution in [-0.2, 0) is 9.59 Å². The topological polar surface area (TPSA) is 74.7 Å². The van der Waals surface area contributed by atoms with E-state index in [0.29, 0.717) is 35.1 Å². The monoisotopic (exact) mass is 391 g/mol. The lowest BCUT2D eigenvalue weighted by Gasteiger charge is -2.10. The van der Waals surface area contributed by atoms with E-state index in [1.807, 2.05) is 49.4 Å². The van der Waals surface area contributed by atoms with Crippen LogP contribution >= 0.6 is 0 Å². The number of hydrogen-bond donors (Lipinski definition) is 0. The summed E-state index contributed by atoms with van der Waals surface area (Å²) in [6, 6.07) is 14.6. The van der Waals surface area contributed by atoms with Crippen molar-refractivity contribution in [1.29, 1.82) is 0 Å². The molecule has 1 aromatic heterocycles. The van der Waals surface area contributed by atoms with Crippen LogP contribution in [0.1, 0.15) is 32.0 Å². The van der Waals surface area contributed by atoms with Crippen molar-refractivity contribution in [3.05, 3.63) is 59.8 Å². The number of carbonyl (C=O) groups is 2. The number of aromatic nitrogens is 1. The molecule has 1 heterocycles. The highest BCUT2D eigenvalue weighted by atomic mass is 16.6. The average molecular weight is 391 g/mol. The number of para-hydroxylation sites is 1. The van der Waals surface area contributed by atoms with Gasteiger partial charge in [0.05, 0.1) is 12.3 Å². The van der Waals surface area contributed by atoms with Crippen LogP contribution in [0, 0.1) is 0 Å². The lowest BCUT2D eigenvalue weighted by molar-refractivity contribution is -0.132. The zero-order valence-corrected chi connectivity index (χ0v) is 16.5. The number of fused-ring (bicyclic) bond motifs is 1. The molecule has 0 bridgehead atoms. The van der Waals surface area contributed by atoms with Crippen LogP contribution in [0.5, 0.6) is 17.2 Å². The molecule has 0 N–H and O–H groups in total. The van der Waals surface area contributed by atoms with Crippen molar-refractivity contribution in [3.63, 3.8) is 0 Å². The maximum Gasteiger partial charge on any atom is 0.308 e. The van der Waals surface area contributed by atoms with Gasteiger partial charge in [0, 0.05) is 19.2 Å². The Bertz CT molecular complexity index is 1090. The van der Waals surface area contributed by atoms with Crippen LogP contribution < -0.4 is 14.2 Å². The molecule has 6 heteroatoms. The summed E-state index contributed by atoms with van der Waals surface area (Å²) in [6.07, 6.45) is 3.73. The van der Waals surface area contributed by atoms with Gasteiger partial charge in [0.1, 0.15) is 5.52 Å². The molecule has 148 valence electrons. The Hall–Kier alpha value is -3.67. The quantitative estimate of drug-likeness (QED) is 0.450. The number of carbonyl (C=O) groups excluding carboxylic acids is 2. The van der Waals surface area contributed by atoms with Gasteiger partial charge in [-0.3, -0.25) is 9.59 Å². The number of nitrogens with zero attached hydrogens (tertiary/aromatic N) is 1. The van der Waals surface area contributed by atoms with Gasteiger partial charge in [0.15, 0.2) is 17.2 Å². The first-order valence-corrected chi connectivity index (χ1v) is 9.18. The second kappa shape index (κ2) is 9.01. The van der Waals surface area contributed by atoms with E-state index in [4.69, 9.17) is 14.2 Å². The number of pyridine rings is 1. The minimum atomic E-state index is -0.404. The first-order chi connectivity index (χ1) is 14.0. The molecule has 3 aromatic rings. The molecule has 0 spiro atoms. The average Bonchev–Trinajstić information content (AvgIpc) is 2.68. The Morgan fingerprint density at radius 2 is 1.66 bits per heavy atom. The largest absolute Gasteiger partial charge is 0.490 e. The Balaban J connectivity index is 1.90. The standard InChI is InChI=1S/C23H21NO5/c1-4-27-22-14-17(9-13-20(22)28-15(2)25)8-11-19-12-10-18-6-5-7-21(23(18)24-19)29-16(3)26/h5-14H,4H2,1-3H3. The maximum atomic E-state index is 11.3. The first kappa shape index (κ1) is 20.1. The fourth-order valence-electron chi connectivity index (χ4n) is 2.78. The number of rotatable bonds is 6. The molecule has 2 aromatic carbocycles. The summed E-state index contributed by atoms with van der Waals surface area (Å²) in [6.45, 7) is 5.02. The Morgan fingerprint density at radius 1 is 0.897 bits per heavy atom. The van der Waals surface area contributed by atoms with Crippen molar-refractivity contribution in [2.45, 2.75) is 20.8 Å². The van der Waals surface area contributed by atoms with Gasteiger partial charge in [-0.1, -0.05) is 30.3 Å². The molecule has 29 heavy (non-hydrogen) atoms. The third kappa shape index (κ3) is 5.19. The molecule has 0 saturated heterocycles. The summed E-state index contributed by atoms with van der Waals surface area (Å²) in [5.41, 5.74) is 2.18. The van der Waals surface area contributed by atoms with Gasteiger partial charge < -0.3 is 14.2 Å². The zero-order valence-electron chi connectivity index (χ0n) is 16.5. The summed E-state index contributed by atoms with van der Waals surface area (Å²) in [5, 5.41) is 0.880. The van der Waals surface area contributed by atoms with Crippen molar-refractivity contribution >= 4 is 35.0 Å². The van der Waals surface area contributed by atoms with Crippen molar-refractivity contribution in [3.8, 4) is 17.2 Å². The van der Waals surface area contributed by atoms with Crippen LogP contribution in [0.2, 0.25) is 0 Å². The van der Waals surface area contributed by atoms with E-state index >= 15 is 0 Å². The van der Waals surface area contributed by atoms with Gasteiger partial charge in [0.2, 0.25) is 0 Å². The third-order valence-corrected chi connectivity index (χ3v) is 3.93. The smallest absolute Gasteiger partial charge is 0.308 e. The minimum Gasteiger partial charge on any atom is -0.490 e. The Labute approximate surface area is 168 Å². The highest BCUT2D eigenvalue weighted by Crippen LogP contribution is 2.30. The van der Waals surface area contributed by atoms with E-state index in [2.05, 4.69) is 4.98 Å². The van der Waals surface area contributed by atoms with Gasteiger partial charge in [-0.25, -0.2) is 4.98 Å². The second-order valence-corrected chi connectivity index (χ2v) is 6.22. The number of hydrogen-bond acceptors (Lipinski definition) is 6. The van der Waals surface area contributed by atoms with Crippen LogP contribution in [0.25, 0.3) is 23.1 Å². The number of benzene rings is 2. The zero-order chi connectivity index (χ0) is 20.8. The van der Waals surface area contributed by atoms with Crippen LogP contribution in [0.15, 0.2) is 48.5 Å². The summed E-state index contributed by atoms with van der Waals surface area (Å²) < 4.78 is 16.0. The fourth-order valence-corrected chi connectivity index (χ4v) is 2.78. The molecule has 0 amide bonds. The lowest BCUT2D eigenvalue weighted by Crippen LogP contribution is -2.04. The molecule has 0 aliphatic heterocycles. The fraction of sp³-hybridized carbons (Fsp3) is 0.174. The van der Waals surface area contributed by atoms with Gasteiger partial charge in [-0.2, -0.15) is 0 Å². The highest BCUT2D eigenvalue weighted by molar-refractivity contribution is 5.88. The first-order valence-electron chi connectivity index (χ1n) is 9.18. The molecule has 0 unspecified atom stereocenters. The Kier molecular flexibility index (Phi) is 6.24. The van der Waals surface area contributed by atoms with Gasteiger partial charge >= 0.3 is 11.9 Å². The molecule has 0 aliphatic carbocycles. The SMILES string of the molecule is CCOc1cc(C=Cc2ccc3cccc(OC(C)=O)c3n2)ccc1OC(C)=O. The van der Waals surface area contributed by atoms with Gasteiger partial charge in [-0.05, 0) is 42.8 Å². The molecule has 0 radical (unpaired) electrons. The van der Waals surface area contributed by atoms with E-state index in [-0.39, 0.29) is 0 Å². The number of esters is 2. The molecule has 0 fully saturated rings. The summed E-state index contributed by atoms with van der Waals surface area (Å²) >= 11 is 0. The van der Waals surface area contributed by atoms with E-state index in [1.165, 1.54) is 13.8 Å². The molecule has 0 saturated carbocycles. The van der Waals surface area contributed by atoms with Crippen molar-refractivity contribution < 1.29 is 23.8 Å². The highest BCUT2D eigenvalue weighted by Gasteiger charge is 2.09. The summed E-state index contributed by atoms with van der Waals surface area (Å²) in [4.78, 5) is 27.2. The van der Waals surface area contributed by atoms with E-state index in [1.54, 1.807) is 18.2 Å². The van der Waals surface area contributed by atoms with Crippen molar-refractivity contribution in [2.75, 3.05) is 6.61 Å². The minimum absolute atomic E-state index is 0.381. The lowest BCUT2D eigenvalue weighted by atomic mass is 10.1.